The van der Waals surface area contributed by atoms with Gasteiger partial charge in [0.25, 0.3) is 11.8 Å². The Balaban J connectivity index is 1.41. The lowest BCUT2D eigenvalue weighted by Gasteiger charge is -2.06. The number of nitro groups is 1. The fraction of sp³-hybridized carbons (Fsp3) is 0. The van der Waals surface area contributed by atoms with E-state index in [1.54, 1.807) is 36.4 Å². The standard InChI is InChI=1S/C20H13N3O6/c24-19(16-9-10-18(29-16)23(26)27)21-13-5-7-14(8-6-13)22-20(25)17-11-12-3-1-2-4-15(12)28-17/h1-11H,(H,21,24)(H,22,25). The van der Waals surface area contributed by atoms with E-state index in [2.05, 4.69) is 10.6 Å². The second kappa shape index (κ2) is 7.31. The van der Waals surface area contributed by atoms with Gasteiger partial charge in [0, 0.05) is 16.8 Å². The van der Waals surface area contributed by atoms with E-state index in [9.17, 15) is 19.7 Å². The van der Waals surface area contributed by atoms with Crippen LogP contribution in [-0.2, 0) is 0 Å². The number of rotatable bonds is 5. The molecule has 2 aromatic heterocycles. The molecule has 0 aliphatic carbocycles. The van der Waals surface area contributed by atoms with E-state index < -0.39 is 22.6 Å². The first-order valence-corrected chi connectivity index (χ1v) is 8.45. The molecule has 144 valence electrons. The molecule has 2 heterocycles. The van der Waals surface area contributed by atoms with Crippen molar-refractivity contribution in [2.75, 3.05) is 10.6 Å². The fourth-order valence-corrected chi connectivity index (χ4v) is 2.66. The van der Waals surface area contributed by atoms with Gasteiger partial charge in [-0.3, -0.25) is 19.7 Å². The highest BCUT2D eigenvalue weighted by Gasteiger charge is 2.17. The number of para-hydroxylation sites is 1. The smallest absolute Gasteiger partial charge is 0.433 e. The third kappa shape index (κ3) is 3.83. The molecule has 0 atom stereocenters. The maximum Gasteiger partial charge on any atom is 0.433 e. The molecule has 0 saturated carbocycles. The van der Waals surface area contributed by atoms with Gasteiger partial charge in [-0.05, 0) is 42.5 Å². The van der Waals surface area contributed by atoms with Crippen molar-refractivity contribution in [2.24, 2.45) is 0 Å². The van der Waals surface area contributed by atoms with Gasteiger partial charge in [-0.15, -0.1) is 0 Å². The molecular weight excluding hydrogens is 378 g/mol. The molecule has 0 fully saturated rings. The number of hydrogen-bond acceptors (Lipinski definition) is 6. The molecule has 0 saturated heterocycles. The summed E-state index contributed by atoms with van der Waals surface area (Å²) in [5.41, 5.74) is 1.55. The summed E-state index contributed by atoms with van der Waals surface area (Å²) >= 11 is 0. The molecule has 2 aromatic carbocycles. The first-order valence-electron chi connectivity index (χ1n) is 8.45. The van der Waals surface area contributed by atoms with Gasteiger partial charge in [-0.2, -0.15) is 0 Å². The maximum absolute atomic E-state index is 12.3. The van der Waals surface area contributed by atoms with Crippen molar-refractivity contribution in [2.45, 2.75) is 0 Å². The number of carbonyl (C=O) groups excluding carboxylic acids is 2. The predicted octanol–water partition coefficient (Wildman–Crippen LogP) is 4.44. The Labute approximate surface area is 163 Å². The molecule has 2 N–H and O–H groups in total. The summed E-state index contributed by atoms with van der Waals surface area (Å²) in [6.45, 7) is 0. The van der Waals surface area contributed by atoms with Crippen LogP contribution < -0.4 is 10.6 Å². The molecule has 2 amide bonds. The quantitative estimate of drug-likeness (QED) is 0.382. The van der Waals surface area contributed by atoms with Gasteiger partial charge in [0.15, 0.2) is 11.5 Å². The van der Waals surface area contributed by atoms with E-state index in [1.807, 2.05) is 18.2 Å². The van der Waals surface area contributed by atoms with E-state index in [1.165, 1.54) is 6.07 Å². The molecule has 0 aliphatic heterocycles. The van der Waals surface area contributed by atoms with Gasteiger partial charge < -0.3 is 19.5 Å². The van der Waals surface area contributed by atoms with Gasteiger partial charge in [0.1, 0.15) is 10.5 Å². The first-order chi connectivity index (χ1) is 14.0. The zero-order valence-electron chi connectivity index (χ0n) is 14.7. The van der Waals surface area contributed by atoms with Crippen LogP contribution in [0.3, 0.4) is 0 Å². The van der Waals surface area contributed by atoms with E-state index in [4.69, 9.17) is 8.83 Å². The fourth-order valence-electron chi connectivity index (χ4n) is 2.66. The van der Waals surface area contributed by atoms with Crippen molar-refractivity contribution in [1.29, 1.82) is 0 Å². The third-order valence-corrected chi connectivity index (χ3v) is 4.05. The van der Waals surface area contributed by atoms with E-state index in [-0.39, 0.29) is 11.5 Å². The molecule has 9 heteroatoms. The summed E-state index contributed by atoms with van der Waals surface area (Å²) in [6, 6.07) is 17.6. The average molecular weight is 391 g/mol. The number of hydrogen-bond donors (Lipinski definition) is 2. The number of fused-ring (bicyclic) bond motifs is 1. The molecular formula is C20H13N3O6. The van der Waals surface area contributed by atoms with Crippen LogP contribution in [0.5, 0.6) is 0 Å². The molecule has 0 bridgehead atoms. The lowest BCUT2D eigenvalue weighted by Crippen LogP contribution is -2.12. The maximum atomic E-state index is 12.3. The van der Waals surface area contributed by atoms with Crippen molar-refractivity contribution in [3.05, 3.63) is 88.4 Å². The normalized spacial score (nSPS) is 10.6. The minimum Gasteiger partial charge on any atom is -0.451 e. The lowest BCUT2D eigenvalue weighted by atomic mass is 10.2. The van der Waals surface area contributed by atoms with Crippen LogP contribution in [0, 0.1) is 10.1 Å². The molecule has 29 heavy (non-hydrogen) atoms. The second-order valence-corrected chi connectivity index (χ2v) is 6.03. The van der Waals surface area contributed by atoms with E-state index in [0.29, 0.717) is 17.0 Å². The van der Waals surface area contributed by atoms with Crippen LogP contribution >= 0.6 is 0 Å². The van der Waals surface area contributed by atoms with Crippen LogP contribution in [0.25, 0.3) is 11.0 Å². The number of amides is 2. The van der Waals surface area contributed by atoms with Crippen molar-refractivity contribution in [3.8, 4) is 0 Å². The first kappa shape index (κ1) is 18.0. The van der Waals surface area contributed by atoms with Gasteiger partial charge in [0.05, 0.1) is 6.07 Å². The summed E-state index contributed by atoms with van der Waals surface area (Å²) in [4.78, 5) is 34.3. The Kier molecular flexibility index (Phi) is 4.54. The topological polar surface area (TPSA) is 128 Å². The van der Waals surface area contributed by atoms with Gasteiger partial charge in [-0.25, -0.2) is 0 Å². The van der Waals surface area contributed by atoms with Crippen LogP contribution in [0.2, 0.25) is 0 Å². The monoisotopic (exact) mass is 391 g/mol. The van der Waals surface area contributed by atoms with Gasteiger partial charge in [0.2, 0.25) is 0 Å². The Morgan fingerprint density at radius 3 is 2.00 bits per heavy atom. The largest absolute Gasteiger partial charge is 0.451 e. The van der Waals surface area contributed by atoms with Gasteiger partial charge >= 0.3 is 5.88 Å². The highest BCUT2D eigenvalue weighted by atomic mass is 16.6. The summed E-state index contributed by atoms with van der Waals surface area (Å²) in [7, 11) is 0. The Bertz CT molecular complexity index is 1190. The highest BCUT2D eigenvalue weighted by molar-refractivity contribution is 6.05. The van der Waals surface area contributed by atoms with E-state index >= 15 is 0 Å². The van der Waals surface area contributed by atoms with Crippen LogP contribution in [0.1, 0.15) is 21.1 Å². The Morgan fingerprint density at radius 1 is 0.793 bits per heavy atom. The van der Waals surface area contributed by atoms with Crippen LogP contribution in [-0.4, -0.2) is 16.7 Å². The molecule has 4 rings (SSSR count). The molecule has 0 unspecified atom stereocenters. The summed E-state index contributed by atoms with van der Waals surface area (Å²) in [6.07, 6.45) is 0. The second-order valence-electron chi connectivity index (χ2n) is 6.03. The molecule has 9 nitrogen and oxygen atoms in total. The van der Waals surface area contributed by atoms with Crippen LogP contribution in [0.15, 0.2) is 75.6 Å². The number of anilines is 2. The number of nitrogens with one attached hydrogen (secondary N) is 2. The highest BCUT2D eigenvalue weighted by Crippen LogP contribution is 2.21. The number of benzene rings is 2. The number of furan rings is 2. The van der Waals surface area contributed by atoms with E-state index in [0.717, 1.165) is 11.5 Å². The third-order valence-electron chi connectivity index (χ3n) is 4.05. The summed E-state index contributed by atoms with van der Waals surface area (Å²) in [5, 5.41) is 16.7. The van der Waals surface area contributed by atoms with Crippen molar-refractivity contribution in [3.63, 3.8) is 0 Å². The number of carbonyl (C=O) groups is 2. The van der Waals surface area contributed by atoms with Crippen LogP contribution in [0.4, 0.5) is 17.3 Å². The Hall–Kier alpha value is -4.40. The Morgan fingerprint density at radius 2 is 1.41 bits per heavy atom. The SMILES string of the molecule is O=C(Nc1ccc(NC(=O)c2cc3ccccc3o2)cc1)c1ccc([N+](=O)[O-])o1. The zero-order chi connectivity index (χ0) is 20.4. The minimum atomic E-state index is -0.726. The summed E-state index contributed by atoms with van der Waals surface area (Å²) < 4.78 is 10.4. The zero-order valence-corrected chi connectivity index (χ0v) is 14.7. The average Bonchev–Trinajstić information content (AvgIpc) is 3.37. The lowest BCUT2D eigenvalue weighted by molar-refractivity contribution is -0.402. The minimum absolute atomic E-state index is 0.182. The number of nitrogens with zero attached hydrogens (tertiary/aromatic N) is 1. The molecule has 0 spiro atoms. The molecule has 0 aliphatic rings. The van der Waals surface area contributed by atoms with Crippen molar-refractivity contribution < 1.29 is 23.3 Å². The predicted molar refractivity (Wildman–Crippen MR) is 104 cm³/mol. The van der Waals surface area contributed by atoms with Crippen molar-refractivity contribution >= 4 is 40.0 Å². The van der Waals surface area contributed by atoms with Gasteiger partial charge in [-0.1, -0.05) is 18.2 Å². The molecule has 4 aromatic rings. The summed E-state index contributed by atoms with van der Waals surface area (Å²) in [5.74, 6) is -1.54. The van der Waals surface area contributed by atoms with Crippen molar-refractivity contribution in [1.82, 2.24) is 0 Å². The molecule has 0 radical (unpaired) electrons.